The van der Waals surface area contributed by atoms with Gasteiger partial charge >= 0.3 is 0 Å². The number of aryl methyl sites for hydroxylation is 1. The lowest BCUT2D eigenvalue weighted by atomic mass is 10.1. The van der Waals surface area contributed by atoms with E-state index in [-0.39, 0.29) is 11.8 Å². The maximum Gasteiger partial charge on any atom is 0.253 e. The molecule has 4 heteroatoms. The monoisotopic (exact) mass is 264 g/mol. The molecule has 0 heterocycles. The molecule has 0 bridgehead atoms. The minimum Gasteiger partial charge on any atom is -0.393 e. The number of nitrogens with zero attached hydrogens (tertiary/aromatic N) is 1. The number of benzene rings is 1. The van der Waals surface area contributed by atoms with Crippen molar-refractivity contribution in [2.75, 3.05) is 13.1 Å². The second kappa shape index (κ2) is 6.50. The van der Waals surface area contributed by atoms with E-state index in [1.54, 1.807) is 4.90 Å². The molecule has 1 unspecified atom stereocenters. The Labute approximate surface area is 114 Å². The van der Waals surface area contributed by atoms with Gasteiger partial charge in [0.2, 0.25) is 0 Å². The zero-order chi connectivity index (χ0) is 13.7. The molecule has 3 nitrogen and oxygen atoms in total. The van der Waals surface area contributed by atoms with E-state index >= 15 is 0 Å². The van der Waals surface area contributed by atoms with Gasteiger partial charge in [0.25, 0.3) is 5.91 Å². The van der Waals surface area contributed by atoms with Crippen LogP contribution < -0.4 is 5.73 Å². The third kappa shape index (κ3) is 3.81. The summed E-state index contributed by atoms with van der Waals surface area (Å²) in [6.07, 6.45) is 0. The Morgan fingerprint density at radius 2 is 2.17 bits per heavy atom. The number of hydrogen-bond donors (Lipinski definition) is 1. The summed E-state index contributed by atoms with van der Waals surface area (Å²) in [5.74, 6) is 0.0676. The first-order valence-electron chi connectivity index (χ1n) is 6.11. The molecule has 2 N–H and O–H groups in total. The van der Waals surface area contributed by atoms with Crippen molar-refractivity contribution in [3.05, 3.63) is 35.4 Å². The average molecular weight is 264 g/mol. The Hall–Kier alpha value is -1.42. The fourth-order valence-corrected chi connectivity index (χ4v) is 1.81. The summed E-state index contributed by atoms with van der Waals surface area (Å²) in [6, 6.07) is 7.61. The quantitative estimate of drug-likeness (QED) is 0.831. The molecule has 0 radical (unpaired) electrons. The number of nitrogens with two attached hydrogens (primary N) is 1. The van der Waals surface area contributed by atoms with Gasteiger partial charge in [-0.1, -0.05) is 36.8 Å². The third-order valence-corrected chi connectivity index (χ3v) is 3.32. The maximum absolute atomic E-state index is 12.3. The number of thiocarbonyl (C=S) groups is 1. The molecule has 0 aliphatic heterocycles. The van der Waals surface area contributed by atoms with Crippen LogP contribution in [0.15, 0.2) is 24.3 Å². The molecule has 0 fully saturated rings. The molecule has 18 heavy (non-hydrogen) atoms. The van der Waals surface area contributed by atoms with E-state index in [0.29, 0.717) is 23.6 Å². The van der Waals surface area contributed by atoms with Gasteiger partial charge < -0.3 is 10.6 Å². The van der Waals surface area contributed by atoms with Crippen molar-refractivity contribution in [3.8, 4) is 0 Å². The van der Waals surface area contributed by atoms with E-state index in [2.05, 4.69) is 0 Å². The lowest BCUT2D eigenvalue weighted by Gasteiger charge is -2.24. The predicted octanol–water partition coefficient (Wildman–Crippen LogP) is 2.38. The molecule has 0 aliphatic carbocycles. The van der Waals surface area contributed by atoms with Crippen LogP contribution in [0.1, 0.15) is 29.8 Å². The first-order valence-corrected chi connectivity index (χ1v) is 6.51. The maximum atomic E-state index is 12.3. The van der Waals surface area contributed by atoms with E-state index < -0.39 is 0 Å². The fraction of sp³-hybridized carbons (Fsp3) is 0.429. The van der Waals surface area contributed by atoms with Crippen LogP contribution in [0.5, 0.6) is 0 Å². The highest BCUT2D eigenvalue weighted by Crippen LogP contribution is 2.10. The van der Waals surface area contributed by atoms with Gasteiger partial charge in [-0.2, -0.15) is 0 Å². The van der Waals surface area contributed by atoms with Crippen LogP contribution in [-0.2, 0) is 0 Å². The number of amides is 1. The summed E-state index contributed by atoms with van der Waals surface area (Å²) in [4.78, 5) is 14.6. The lowest BCUT2D eigenvalue weighted by Crippen LogP contribution is -2.38. The SMILES string of the molecule is CCN(CC(C)C(N)=S)C(=O)c1cccc(C)c1. The van der Waals surface area contributed by atoms with Crippen molar-refractivity contribution in [1.82, 2.24) is 4.90 Å². The molecule has 1 amide bonds. The summed E-state index contributed by atoms with van der Waals surface area (Å²) in [6.45, 7) is 7.09. The summed E-state index contributed by atoms with van der Waals surface area (Å²) in [5, 5.41) is 0. The van der Waals surface area contributed by atoms with Gasteiger partial charge in [-0.05, 0) is 26.0 Å². The Morgan fingerprint density at radius 3 is 2.67 bits per heavy atom. The Balaban J connectivity index is 2.82. The molecule has 1 atom stereocenters. The minimum absolute atomic E-state index is 0.0318. The fourth-order valence-electron chi connectivity index (χ4n) is 1.74. The molecular formula is C14H20N2OS. The van der Waals surface area contributed by atoms with Crippen LogP contribution in [0, 0.1) is 12.8 Å². The van der Waals surface area contributed by atoms with Gasteiger partial charge in [0.1, 0.15) is 0 Å². The summed E-state index contributed by atoms with van der Waals surface area (Å²) < 4.78 is 0. The molecular weight excluding hydrogens is 244 g/mol. The van der Waals surface area contributed by atoms with Gasteiger partial charge in [-0.25, -0.2) is 0 Å². The van der Waals surface area contributed by atoms with Gasteiger partial charge in [-0.3, -0.25) is 4.79 Å². The van der Waals surface area contributed by atoms with Crippen molar-refractivity contribution >= 4 is 23.1 Å². The van der Waals surface area contributed by atoms with Gasteiger partial charge in [0.15, 0.2) is 0 Å². The van der Waals surface area contributed by atoms with E-state index in [0.717, 1.165) is 5.56 Å². The summed E-state index contributed by atoms with van der Waals surface area (Å²) in [7, 11) is 0. The number of carbonyl (C=O) groups is 1. The van der Waals surface area contributed by atoms with Crippen molar-refractivity contribution < 1.29 is 4.79 Å². The topological polar surface area (TPSA) is 46.3 Å². The highest BCUT2D eigenvalue weighted by Gasteiger charge is 2.17. The van der Waals surface area contributed by atoms with Crippen LogP contribution in [0.2, 0.25) is 0 Å². The van der Waals surface area contributed by atoms with E-state index in [9.17, 15) is 4.79 Å². The van der Waals surface area contributed by atoms with Gasteiger partial charge in [0.05, 0.1) is 4.99 Å². The van der Waals surface area contributed by atoms with Crippen molar-refractivity contribution in [2.45, 2.75) is 20.8 Å². The van der Waals surface area contributed by atoms with Crippen molar-refractivity contribution in [2.24, 2.45) is 11.7 Å². The first-order chi connectivity index (χ1) is 8.45. The zero-order valence-corrected chi connectivity index (χ0v) is 12.0. The van der Waals surface area contributed by atoms with Crippen LogP contribution in [0.25, 0.3) is 0 Å². The zero-order valence-electron chi connectivity index (χ0n) is 11.1. The summed E-state index contributed by atoms with van der Waals surface area (Å²) in [5.41, 5.74) is 7.39. The standard InChI is InChI=1S/C14H20N2OS/c1-4-16(9-11(3)13(15)18)14(17)12-7-5-6-10(2)8-12/h5-8,11H,4,9H2,1-3H3,(H2,15,18). The van der Waals surface area contributed by atoms with Crippen LogP contribution in [-0.4, -0.2) is 28.9 Å². The van der Waals surface area contributed by atoms with Crippen LogP contribution in [0.3, 0.4) is 0 Å². The molecule has 0 saturated carbocycles. The second-order valence-electron chi connectivity index (χ2n) is 4.52. The molecule has 0 spiro atoms. The normalized spacial score (nSPS) is 11.9. The van der Waals surface area contributed by atoms with Gasteiger partial charge in [0, 0.05) is 24.6 Å². The number of rotatable bonds is 5. The van der Waals surface area contributed by atoms with E-state index in [1.165, 1.54) is 0 Å². The van der Waals surface area contributed by atoms with Crippen LogP contribution in [0.4, 0.5) is 0 Å². The molecule has 1 rings (SSSR count). The molecule has 1 aromatic rings. The highest BCUT2D eigenvalue weighted by molar-refractivity contribution is 7.80. The number of hydrogen-bond acceptors (Lipinski definition) is 2. The molecule has 0 saturated heterocycles. The number of carbonyl (C=O) groups excluding carboxylic acids is 1. The summed E-state index contributed by atoms with van der Waals surface area (Å²) >= 11 is 4.95. The first kappa shape index (κ1) is 14.6. The predicted molar refractivity (Wildman–Crippen MR) is 78.7 cm³/mol. The molecule has 0 aliphatic rings. The third-order valence-electron chi connectivity index (χ3n) is 2.91. The molecule has 1 aromatic carbocycles. The van der Waals surface area contributed by atoms with Crippen molar-refractivity contribution in [1.29, 1.82) is 0 Å². The van der Waals surface area contributed by atoms with Gasteiger partial charge in [-0.15, -0.1) is 0 Å². The highest BCUT2D eigenvalue weighted by atomic mass is 32.1. The Morgan fingerprint density at radius 1 is 1.50 bits per heavy atom. The lowest BCUT2D eigenvalue weighted by molar-refractivity contribution is 0.0755. The second-order valence-corrected chi connectivity index (χ2v) is 4.99. The Kier molecular flexibility index (Phi) is 5.28. The Bertz CT molecular complexity index is 445. The minimum atomic E-state index is 0.0318. The van der Waals surface area contributed by atoms with Crippen molar-refractivity contribution in [3.63, 3.8) is 0 Å². The smallest absolute Gasteiger partial charge is 0.253 e. The van der Waals surface area contributed by atoms with E-state index in [4.69, 9.17) is 18.0 Å². The average Bonchev–Trinajstić information content (AvgIpc) is 2.34. The van der Waals surface area contributed by atoms with Crippen LogP contribution >= 0.6 is 12.2 Å². The molecule has 0 aromatic heterocycles. The molecule has 98 valence electrons. The largest absolute Gasteiger partial charge is 0.393 e. The van der Waals surface area contributed by atoms with E-state index in [1.807, 2.05) is 45.0 Å².